The molecule has 0 fully saturated rings. The van der Waals surface area contributed by atoms with E-state index in [9.17, 15) is 106 Å². The fourth-order valence-electron chi connectivity index (χ4n) is 3.12. The van der Waals surface area contributed by atoms with Gasteiger partial charge in [-0.15, -0.1) is 0 Å². The summed E-state index contributed by atoms with van der Waals surface area (Å²) >= 11 is 0. The molecule has 0 radical (unpaired) electrons. The molecule has 0 atom stereocenters. The van der Waals surface area contributed by atoms with E-state index in [2.05, 4.69) is 0 Å². The molecular weight excluding hydrogens is 699 g/mol. The van der Waals surface area contributed by atoms with E-state index in [0.29, 0.717) is 0 Å². The second kappa shape index (κ2) is 11.0. The molecule has 0 bridgehead atoms. The summed E-state index contributed by atoms with van der Waals surface area (Å²) in [5.41, 5.74) is 0. The van der Waals surface area contributed by atoms with E-state index in [-0.39, 0.29) is 0 Å². The van der Waals surface area contributed by atoms with Crippen LogP contribution in [0.3, 0.4) is 0 Å². The quantitative estimate of drug-likeness (QED) is 0.139. The lowest BCUT2D eigenvalue weighted by atomic mass is 9.85. The number of carboxylic acids is 1. The maximum Gasteiger partial charge on any atom is 0.460 e. The number of hydrogen-bond donors (Lipinski definition) is 1. The number of nitrogens with zero attached hydrogens (tertiary/aromatic N) is 1. The van der Waals surface area contributed by atoms with Gasteiger partial charge in [-0.25, -0.2) is 4.79 Å². The molecule has 0 saturated heterocycles. The van der Waals surface area contributed by atoms with Crippen LogP contribution in [-0.2, 0) is 4.79 Å². The molecule has 0 aliphatic heterocycles. The highest BCUT2D eigenvalue weighted by Gasteiger charge is 2.98. The molecule has 0 aliphatic rings. The van der Waals surface area contributed by atoms with Crippen LogP contribution in [0.4, 0.5) is 101 Å². The first kappa shape index (κ1) is 41.8. The van der Waals surface area contributed by atoms with E-state index in [1.165, 1.54) is 0 Å². The highest BCUT2D eigenvalue weighted by molar-refractivity contribution is 5.67. The predicted octanol–water partition coefficient (Wildman–Crippen LogP) is 7.84. The Labute approximate surface area is 228 Å². The minimum Gasteiger partial charge on any atom is -0.477 e. The van der Waals surface area contributed by atoms with Gasteiger partial charge in [0.2, 0.25) is 0 Å². The monoisotopic (exact) mass is 714 g/mol. The van der Waals surface area contributed by atoms with Crippen molar-refractivity contribution in [3.8, 4) is 0 Å². The van der Waals surface area contributed by atoms with Crippen molar-refractivity contribution in [2.75, 3.05) is 27.2 Å². The van der Waals surface area contributed by atoms with Gasteiger partial charge in [0.05, 0.1) is 20.6 Å². The number of halogens is 23. The molecule has 26 heteroatoms. The molecule has 0 rings (SSSR count). The molecule has 44 heavy (non-hydrogen) atoms. The van der Waals surface area contributed by atoms with Crippen LogP contribution >= 0.6 is 0 Å². The topological polar surface area (TPSA) is 37.3 Å². The average molecular weight is 714 g/mol. The van der Waals surface area contributed by atoms with E-state index in [0.717, 1.165) is 14.1 Å². The summed E-state index contributed by atoms with van der Waals surface area (Å²) in [5.74, 6) is -89.4. The molecule has 0 aromatic carbocycles. The molecule has 0 aromatic heterocycles. The van der Waals surface area contributed by atoms with Crippen molar-refractivity contribution in [2.45, 2.75) is 78.2 Å². The summed E-state index contributed by atoms with van der Waals surface area (Å²) in [4.78, 5) is 10.6. The fraction of sp³-hybridized carbons (Fsp3) is 0.944. The first-order chi connectivity index (χ1) is 18.6. The Balaban J connectivity index is 6.88. The first-order valence-electron chi connectivity index (χ1n) is 10.5. The number of rotatable bonds is 15. The molecule has 0 aromatic rings. The van der Waals surface area contributed by atoms with E-state index in [1.807, 2.05) is 0 Å². The third kappa shape index (κ3) is 5.90. The van der Waals surface area contributed by atoms with E-state index in [4.69, 9.17) is 5.11 Å². The standard InChI is InChI=1S/C18H14F23NO2/c1-42(2,6-7(43)44)5-3-4-8(19,20)9(21,22)10(23,24)11(25,26)12(27,28)13(29,30)14(31,32)15(33,34)16(35,36)17(37,38)18(39,40)41/h3-6H2,1-2H3/p+1. The van der Waals surface area contributed by atoms with Crippen molar-refractivity contribution in [2.24, 2.45) is 0 Å². The van der Waals surface area contributed by atoms with Crippen LogP contribution in [0.5, 0.6) is 0 Å². The van der Waals surface area contributed by atoms with Crippen LogP contribution in [0.2, 0.25) is 0 Å². The van der Waals surface area contributed by atoms with Gasteiger partial charge in [-0.2, -0.15) is 101 Å². The van der Waals surface area contributed by atoms with Gasteiger partial charge in [-0.3, -0.25) is 0 Å². The molecular formula is C18H15F23NO2+. The molecule has 3 nitrogen and oxygen atoms in total. The number of carbonyl (C=O) groups is 1. The molecule has 0 amide bonds. The Morgan fingerprint density at radius 2 is 0.727 bits per heavy atom. The van der Waals surface area contributed by atoms with Crippen LogP contribution in [0.1, 0.15) is 12.8 Å². The van der Waals surface area contributed by atoms with E-state index in [1.54, 1.807) is 0 Å². The summed E-state index contributed by atoms with van der Waals surface area (Å²) in [7, 11) is 1.72. The normalized spacial score (nSPS) is 16.4. The van der Waals surface area contributed by atoms with Gasteiger partial charge in [0, 0.05) is 12.8 Å². The minimum absolute atomic E-state index is 0.861. The lowest BCUT2D eigenvalue weighted by Crippen LogP contribution is -2.77. The summed E-state index contributed by atoms with van der Waals surface area (Å²) < 4.78 is 307. The van der Waals surface area contributed by atoms with Crippen LogP contribution in [-0.4, -0.2) is 108 Å². The summed E-state index contributed by atoms with van der Waals surface area (Å²) in [6.45, 7) is -2.05. The number of likely N-dealkylation sites (N-methyl/N-ethyl adjacent to an activating group) is 1. The van der Waals surface area contributed by atoms with Crippen molar-refractivity contribution < 1.29 is 115 Å². The maximum absolute atomic E-state index is 13.9. The zero-order valence-corrected chi connectivity index (χ0v) is 20.8. The Bertz CT molecular complexity index is 1040. The second-order valence-corrected chi connectivity index (χ2v) is 9.69. The summed E-state index contributed by atoms with van der Waals surface area (Å²) in [5, 5.41) is 8.58. The number of hydrogen-bond acceptors (Lipinski definition) is 1. The lowest BCUT2D eigenvalue weighted by molar-refractivity contribution is -0.883. The van der Waals surface area contributed by atoms with Crippen molar-refractivity contribution in [1.82, 2.24) is 0 Å². The maximum atomic E-state index is 13.9. The highest BCUT2D eigenvalue weighted by Crippen LogP contribution is 2.67. The molecule has 0 unspecified atom stereocenters. The van der Waals surface area contributed by atoms with Gasteiger partial charge in [-0.05, 0) is 0 Å². The van der Waals surface area contributed by atoms with Crippen LogP contribution in [0.25, 0.3) is 0 Å². The zero-order chi connectivity index (χ0) is 36.4. The zero-order valence-electron chi connectivity index (χ0n) is 20.8. The number of aliphatic carboxylic acids is 1. The van der Waals surface area contributed by atoms with Crippen molar-refractivity contribution in [3.05, 3.63) is 0 Å². The predicted molar refractivity (Wildman–Crippen MR) is 94.2 cm³/mol. The van der Waals surface area contributed by atoms with Gasteiger partial charge in [0.15, 0.2) is 6.54 Å². The second-order valence-electron chi connectivity index (χ2n) is 9.69. The van der Waals surface area contributed by atoms with Gasteiger partial charge in [0.25, 0.3) is 0 Å². The summed E-state index contributed by atoms with van der Waals surface area (Å²) in [6.07, 6.45) is -12.5. The largest absolute Gasteiger partial charge is 0.477 e. The van der Waals surface area contributed by atoms with Crippen LogP contribution in [0, 0.1) is 0 Å². The Morgan fingerprint density at radius 3 is 0.977 bits per heavy atom. The molecule has 0 aliphatic carbocycles. The van der Waals surface area contributed by atoms with Gasteiger partial charge >= 0.3 is 71.4 Å². The molecule has 0 spiro atoms. The average Bonchev–Trinajstić information content (AvgIpc) is 2.75. The molecule has 0 saturated carbocycles. The van der Waals surface area contributed by atoms with E-state index < -0.39 is 102 Å². The third-order valence-corrected chi connectivity index (χ3v) is 5.79. The Morgan fingerprint density at radius 1 is 0.477 bits per heavy atom. The molecule has 1 N–H and O–H groups in total. The van der Waals surface area contributed by atoms with E-state index >= 15 is 0 Å². The number of carboxylic acid groups (broad SMARTS) is 1. The lowest BCUT2D eigenvalue weighted by Gasteiger charge is -2.45. The SMILES string of the molecule is C[N+](C)(CCCC(F)(F)C(F)(F)C(F)(F)C(F)(F)C(F)(F)C(F)(F)C(F)(F)C(F)(F)C(F)(F)C(F)(F)C(F)(F)F)CC(=O)O. The van der Waals surface area contributed by atoms with Gasteiger partial charge < -0.3 is 9.59 Å². The molecule has 264 valence electrons. The fourth-order valence-corrected chi connectivity index (χ4v) is 3.12. The van der Waals surface area contributed by atoms with Crippen LogP contribution in [0.15, 0.2) is 0 Å². The third-order valence-electron chi connectivity index (χ3n) is 5.79. The summed E-state index contributed by atoms with van der Waals surface area (Å²) in [6, 6.07) is 0. The minimum atomic E-state index is -9.43. The first-order valence-corrected chi connectivity index (χ1v) is 10.5. The van der Waals surface area contributed by atoms with Crippen molar-refractivity contribution in [1.29, 1.82) is 0 Å². The Kier molecular flexibility index (Phi) is 10.4. The highest BCUT2D eigenvalue weighted by atomic mass is 19.4. The van der Waals surface area contributed by atoms with Crippen LogP contribution < -0.4 is 0 Å². The number of quaternary nitrogens is 1. The molecule has 0 heterocycles. The van der Waals surface area contributed by atoms with Gasteiger partial charge in [-0.1, -0.05) is 0 Å². The number of alkyl halides is 23. The van der Waals surface area contributed by atoms with Gasteiger partial charge in [0.1, 0.15) is 0 Å². The smallest absolute Gasteiger partial charge is 0.460 e. The Hall–Kier alpha value is -2.18. The van der Waals surface area contributed by atoms with Crippen molar-refractivity contribution >= 4 is 5.97 Å². The van der Waals surface area contributed by atoms with Crippen molar-refractivity contribution in [3.63, 3.8) is 0 Å².